The van der Waals surface area contributed by atoms with Crippen LogP contribution >= 0.6 is 11.8 Å². The van der Waals surface area contributed by atoms with Gasteiger partial charge in [-0.15, -0.1) is 0 Å². The predicted octanol–water partition coefficient (Wildman–Crippen LogP) is 2.61. The average Bonchev–Trinajstić information content (AvgIpc) is 2.81. The first-order chi connectivity index (χ1) is 9.70. The third kappa shape index (κ3) is 3.98. The first-order valence-corrected chi connectivity index (χ1v) is 7.32. The topological polar surface area (TPSA) is 47.3 Å². The Labute approximate surface area is 121 Å². The number of hydrogen-bond donors (Lipinski definition) is 1. The molecule has 2 aromatic rings. The van der Waals surface area contributed by atoms with Crippen molar-refractivity contribution in [2.45, 2.75) is 18.2 Å². The summed E-state index contributed by atoms with van der Waals surface area (Å²) in [6.45, 7) is 0.577. The summed E-state index contributed by atoms with van der Waals surface area (Å²) < 4.78 is 20.1. The van der Waals surface area contributed by atoms with E-state index in [1.165, 1.54) is 12.1 Å². The smallest absolute Gasteiger partial charge is 0.167 e. The van der Waals surface area contributed by atoms with Crippen LogP contribution in [0.15, 0.2) is 35.6 Å². The number of halogens is 1. The van der Waals surface area contributed by atoms with E-state index in [0.717, 1.165) is 23.0 Å². The molecule has 0 fully saturated rings. The van der Waals surface area contributed by atoms with Gasteiger partial charge in [0.05, 0.1) is 25.1 Å². The summed E-state index contributed by atoms with van der Waals surface area (Å²) >= 11 is 1.62. The molecule has 0 unspecified atom stereocenters. The second-order valence-corrected chi connectivity index (χ2v) is 5.32. The van der Waals surface area contributed by atoms with Crippen molar-refractivity contribution in [1.29, 1.82) is 0 Å². The van der Waals surface area contributed by atoms with Crippen LogP contribution in [0.2, 0.25) is 0 Å². The molecule has 108 valence electrons. The van der Waals surface area contributed by atoms with Gasteiger partial charge in [-0.3, -0.25) is 0 Å². The minimum absolute atomic E-state index is 0.00224. The van der Waals surface area contributed by atoms with Gasteiger partial charge in [-0.2, -0.15) is 0 Å². The maximum atomic E-state index is 12.7. The van der Waals surface area contributed by atoms with Gasteiger partial charge in [-0.05, 0) is 30.7 Å². The van der Waals surface area contributed by atoms with Crippen LogP contribution in [-0.4, -0.2) is 27.0 Å². The number of aliphatic hydroxyl groups is 1. The lowest BCUT2D eigenvalue weighted by molar-refractivity contribution is 0.271. The minimum atomic E-state index is -0.262. The van der Waals surface area contributed by atoms with Crippen molar-refractivity contribution in [1.82, 2.24) is 9.55 Å². The number of ether oxygens (including phenoxy) is 1. The molecule has 0 saturated heterocycles. The van der Waals surface area contributed by atoms with Crippen LogP contribution in [0.5, 0.6) is 5.75 Å². The highest BCUT2D eigenvalue weighted by Crippen LogP contribution is 2.18. The molecule has 20 heavy (non-hydrogen) atoms. The van der Waals surface area contributed by atoms with Gasteiger partial charge in [0.1, 0.15) is 11.6 Å². The van der Waals surface area contributed by atoms with Crippen molar-refractivity contribution in [3.05, 3.63) is 42.0 Å². The fourth-order valence-electron chi connectivity index (χ4n) is 1.65. The van der Waals surface area contributed by atoms with Crippen molar-refractivity contribution in [2.75, 3.05) is 12.4 Å². The van der Waals surface area contributed by atoms with Crippen LogP contribution in [0.4, 0.5) is 4.39 Å². The van der Waals surface area contributed by atoms with Gasteiger partial charge in [-0.1, -0.05) is 11.8 Å². The fraction of sp³-hybridized carbons (Fsp3) is 0.357. The summed E-state index contributed by atoms with van der Waals surface area (Å²) in [6.07, 6.45) is 2.54. The number of imidazole rings is 1. The molecule has 2 rings (SSSR count). The monoisotopic (exact) mass is 296 g/mol. The van der Waals surface area contributed by atoms with Crippen LogP contribution in [0.3, 0.4) is 0 Å². The third-order valence-corrected chi connectivity index (χ3v) is 3.94. The second-order valence-electron chi connectivity index (χ2n) is 4.25. The highest BCUT2D eigenvalue weighted by Gasteiger charge is 2.05. The molecule has 0 amide bonds. The molecule has 0 bridgehead atoms. The minimum Gasteiger partial charge on any atom is -0.494 e. The second kappa shape index (κ2) is 7.31. The Morgan fingerprint density at radius 2 is 2.10 bits per heavy atom. The van der Waals surface area contributed by atoms with E-state index in [2.05, 4.69) is 4.98 Å². The standard InChI is InChI=1S/C14H17FN2O2S/c1-17-12(10-18)9-16-14(17)20-8-2-7-19-13-5-3-11(15)4-6-13/h3-6,9,18H,2,7-8,10H2,1H3. The fourth-order valence-corrected chi connectivity index (χ4v) is 2.53. The molecule has 1 N–H and O–H groups in total. The number of aromatic nitrogens is 2. The van der Waals surface area contributed by atoms with Gasteiger partial charge in [0, 0.05) is 12.8 Å². The third-order valence-electron chi connectivity index (χ3n) is 2.81. The van der Waals surface area contributed by atoms with Gasteiger partial charge in [0.15, 0.2) is 5.16 Å². The molecule has 0 spiro atoms. The van der Waals surface area contributed by atoms with E-state index in [1.807, 2.05) is 11.6 Å². The summed E-state index contributed by atoms with van der Waals surface area (Å²) in [5, 5.41) is 9.96. The SMILES string of the molecule is Cn1c(CO)cnc1SCCCOc1ccc(F)cc1. The maximum Gasteiger partial charge on any atom is 0.167 e. The van der Waals surface area contributed by atoms with Gasteiger partial charge in [-0.25, -0.2) is 9.37 Å². The van der Waals surface area contributed by atoms with Crippen molar-refractivity contribution in [3.63, 3.8) is 0 Å². The van der Waals surface area contributed by atoms with Crippen molar-refractivity contribution < 1.29 is 14.2 Å². The van der Waals surface area contributed by atoms with E-state index in [-0.39, 0.29) is 12.4 Å². The summed E-state index contributed by atoms with van der Waals surface area (Å²) in [4.78, 5) is 4.24. The summed E-state index contributed by atoms with van der Waals surface area (Å²) in [5.74, 6) is 1.29. The van der Waals surface area contributed by atoms with Crippen molar-refractivity contribution >= 4 is 11.8 Å². The van der Waals surface area contributed by atoms with E-state index >= 15 is 0 Å². The Bertz CT molecular complexity index is 543. The lowest BCUT2D eigenvalue weighted by Crippen LogP contribution is -2.01. The highest BCUT2D eigenvalue weighted by molar-refractivity contribution is 7.99. The lowest BCUT2D eigenvalue weighted by atomic mass is 10.3. The predicted molar refractivity (Wildman–Crippen MR) is 76.4 cm³/mol. The normalized spacial score (nSPS) is 10.8. The molecule has 0 aliphatic rings. The Morgan fingerprint density at radius 1 is 1.35 bits per heavy atom. The maximum absolute atomic E-state index is 12.7. The zero-order chi connectivity index (χ0) is 14.4. The molecular weight excluding hydrogens is 279 g/mol. The molecule has 0 aliphatic heterocycles. The number of aliphatic hydroxyl groups excluding tert-OH is 1. The van der Waals surface area contributed by atoms with Gasteiger partial charge in [0.25, 0.3) is 0 Å². The molecule has 1 aromatic carbocycles. The van der Waals surface area contributed by atoms with E-state index in [9.17, 15) is 4.39 Å². The summed E-state index contributed by atoms with van der Waals surface area (Å²) in [7, 11) is 1.88. The molecule has 1 heterocycles. The molecule has 0 saturated carbocycles. The van der Waals surface area contributed by atoms with E-state index in [1.54, 1.807) is 30.1 Å². The molecule has 6 heteroatoms. The molecule has 4 nitrogen and oxygen atoms in total. The molecular formula is C14H17FN2O2S. The van der Waals surface area contributed by atoms with Crippen molar-refractivity contribution in [2.24, 2.45) is 7.05 Å². The van der Waals surface area contributed by atoms with Crippen LogP contribution in [0.25, 0.3) is 0 Å². The van der Waals surface area contributed by atoms with Gasteiger partial charge < -0.3 is 14.4 Å². The summed E-state index contributed by atoms with van der Waals surface area (Å²) in [5.41, 5.74) is 0.801. The quantitative estimate of drug-likeness (QED) is 0.630. The number of rotatable bonds is 7. The lowest BCUT2D eigenvalue weighted by Gasteiger charge is -2.06. The largest absolute Gasteiger partial charge is 0.494 e. The molecule has 0 atom stereocenters. The van der Waals surface area contributed by atoms with E-state index in [4.69, 9.17) is 9.84 Å². The van der Waals surface area contributed by atoms with Crippen LogP contribution < -0.4 is 4.74 Å². The first kappa shape index (κ1) is 14.9. The van der Waals surface area contributed by atoms with Crippen molar-refractivity contribution in [3.8, 4) is 5.75 Å². The Hall–Kier alpha value is -1.53. The molecule has 0 radical (unpaired) electrons. The summed E-state index contributed by atoms with van der Waals surface area (Å²) in [6, 6.07) is 6.01. The zero-order valence-electron chi connectivity index (χ0n) is 11.3. The Kier molecular flexibility index (Phi) is 5.43. The number of hydrogen-bond acceptors (Lipinski definition) is 4. The number of nitrogens with zero attached hydrogens (tertiary/aromatic N) is 2. The van der Waals surface area contributed by atoms with Gasteiger partial charge in [0.2, 0.25) is 0 Å². The highest BCUT2D eigenvalue weighted by atomic mass is 32.2. The van der Waals surface area contributed by atoms with Crippen LogP contribution in [0.1, 0.15) is 12.1 Å². The Morgan fingerprint density at radius 3 is 2.75 bits per heavy atom. The van der Waals surface area contributed by atoms with E-state index < -0.39 is 0 Å². The average molecular weight is 296 g/mol. The number of benzene rings is 1. The first-order valence-electron chi connectivity index (χ1n) is 6.33. The van der Waals surface area contributed by atoms with Gasteiger partial charge >= 0.3 is 0 Å². The zero-order valence-corrected chi connectivity index (χ0v) is 12.1. The van der Waals surface area contributed by atoms with Crippen LogP contribution in [-0.2, 0) is 13.7 Å². The molecule has 1 aromatic heterocycles. The Balaban J connectivity index is 1.68. The number of thioether (sulfide) groups is 1. The van der Waals surface area contributed by atoms with E-state index in [0.29, 0.717) is 12.4 Å². The van der Waals surface area contributed by atoms with Crippen LogP contribution in [0, 0.1) is 5.82 Å². The molecule has 0 aliphatic carbocycles.